The summed E-state index contributed by atoms with van der Waals surface area (Å²) in [7, 11) is 0. The largest absolute Gasteiger partial charge is 0.486 e. The molecule has 0 saturated carbocycles. The molecule has 0 N–H and O–H groups in total. The zero-order valence-electron chi connectivity index (χ0n) is 17.4. The molecule has 1 unspecified atom stereocenters. The Morgan fingerprint density at radius 1 is 0.706 bits per heavy atom. The number of rotatable bonds is 4. The van der Waals surface area contributed by atoms with Crippen molar-refractivity contribution in [1.82, 2.24) is 0 Å². The van der Waals surface area contributed by atoms with Gasteiger partial charge in [-0.05, 0) is 48.6 Å². The Labute approximate surface area is 190 Å². The first-order valence-corrected chi connectivity index (χ1v) is 9.97. The Balaban J connectivity index is 0.000000191. The number of ether oxygens (including phenoxy) is 2. The Kier molecular flexibility index (Phi) is 7.82. The third kappa shape index (κ3) is 5.69. The molecule has 0 radical (unpaired) electrons. The Bertz CT molecular complexity index is 1040. The summed E-state index contributed by atoms with van der Waals surface area (Å²) >= 11 is 0. The average molecular weight is 482 g/mol. The summed E-state index contributed by atoms with van der Waals surface area (Å²) in [6, 6.07) is 3.43. The van der Waals surface area contributed by atoms with Gasteiger partial charge < -0.3 is 9.47 Å². The van der Waals surface area contributed by atoms with Crippen LogP contribution in [-0.4, -0.2) is 21.9 Å². The van der Waals surface area contributed by atoms with Crippen molar-refractivity contribution >= 4 is 0 Å². The molecule has 0 amide bonds. The number of halogens is 4. The minimum Gasteiger partial charge on any atom is -0.486 e. The van der Waals surface area contributed by atoms with E-state index in [1.54, 1.807) is 0 Å². The SMILES string of the molecule is O=[N+]([O-])C1CC=CO[C@@H]1c1cc(F)ccc1F.O=[N+]([O-])[C@H]1CC=CO[C@@H]1c1cc(F)ccc1F. The molecule has 0 bridgehead atoms. The predicted molar refractivity (Wildman–Crippen MR) is 109 cm³/mol. The number of nitro groups is 2. The summed E-state index contributed by atoms with van der Waals surface area (Å²) in [5.41, 5.74) is -0.257. The van der Waals surface area contributed by atoms with Crippen LogP contribution in [0.2, 0.25) is 0 Å². The molecule has 2 aromatic rings. The Morgan fingerprint density at radius 3 is 1.44 bits per heavy atom. The van der Waals surface area contributed by atoms with E-state index in [9.17, 15) is 37.8 Å². The molecule has 0 fully saturated rings. The second-order valence-electron chi connectivity index (χ2n) is 7.37. The first kappa shape index (κ1) is 24.7. The second kappa shape index (κ2) is 10.8. The highest BCUT2D eigenvalue weighted by atomic mass is 19.1. The van der Waals surface area contributed by atoms with E-state index in [-0.39, 0.29) is 24.0 Å². The lowest BCUT2D eigenvalue weighted by molar-refractivity contribution is -0.536. The number of hydrogen-bond donors (Lipinski definition) is 0. The quantitative estimate of drug-likeness (QED) is 0.338. The van der Waals surface area contributed by atoms with Crippen LogP contribution in [0.1, 0.15) is 36.2 Å². The third-order valence-electron chi connectivity index (χ3n) is 5.17. The van der Waals surface area contributed by atoms with Crippen molar-refractivity contribution in [2.45, 2.75) is 37.1 Å². The monoisotopic (exact) mass is 482 g/mol. The summed E-state index contributed by atoms with van der Waals surface area (Å²) in [4.78, 5) is 20.5. The predicted octanol–water partition coefficient (Wildman–Crippen LogP) is 5.17. The summed E-state index contributed by atoms with van der Waals surface area (Å²) in [5, 5.41) is 21.6. The van der Waals surface area contributed by atoms with Crippen LogP contribution in [0.4, 0.5) is 17.6 Å². The van der Waals surface area contributed by atoms with Crippen molar-refractivity contribution in [3.8, 4) is 0 Å². The van der Waals surface area contributed by atoms with Crippen LogP contribution in [0.25, 0.3) is 0 Å². The molecule has 0 aliphatic carbocycles. The molecule has 8 nitrogen and oxygen atoms in total. The van der Waals surface area contributed by atoms with Crippen LogP contribution in [-0.2, 0) is 9.47 Å². The summed E-state index contributed by atoms with van der Waals surface area (Å²) in [5.74, 6) is -2.72. The number of nitrogens with zero attached hydrogens (tertiary/aromatic N) is 2. The molecular weight excluding hydrogens is 464 g/mol. The van der Waals surface area contributed by atoms with Crippen molar-refractivity contribution in [2.24, 2.45) is 0 Å². The fraction of sp³-hybridized carbons (Fsp3) is 0.273. The molecule has 2 aliphatic rings. The van der Waals surface area contributed by atoms with E-state index >= 15 is 0 Å². The fourth-order valence-electron chi connectivity index (χ4n) is 3.52. The van der Waals surface area contributed by atoms with Gasteiger partial charge in [-0.1, -0.05) is 0 Å². The summed E-state index contributed by atoms with van der Waals surface area (Å²) in [6.07, 6.45) is 3.60. The first-order valence-electron chi connectivity index (χ1n) is 9.97. The molecule has 2 aliphatic heterocycles. The molecule has 0 aromatic heterocycles. The van der Waals surface area contributed by atoms with Crippen molar-refractivity contribution < 1.29 is 36.9 Å². The first-order chi connectivity index (χ1) is 16.2. The van der Waals surface area contributed by atoms with Crippen molar-refractivity contribution in [2.75, 3.05) is 0 Å². The number of hydrogen-bond acceptors (Lipinski definition) is 6. The molecule has 0 spiro atoms. The van der Waals surface area contributed by atoms with E-state index in [1.165, 1.54) is 24.7 Å². The Morgan fingerprint density at radius 2 is 1.09 bits per heavy atom. The van der Waals surface area contributed by atoms with Gasteiger partial charge in [0.05, 0.1) is 12.5 Å². The van der Waals surface area contributed by atoms with Crippen LogP contribution < -0.4 is 0 Å². The smallest absolute Gasteiger partial charge is 0.257 e. The van der Waals surface area contributed by atoms with E-state index in [0.29, 0.717) is 0 Å². The molecular formula is C22H18F4N2O6. The van der Waals surface area contributed by atoms with Crippen LogP contribution >= 0.6 is 0 Å². The van der Waals surface area contributed by atoms with Gasteiger partial charge in [-0.2, -0.15) is 0 Å². The van der Waals surface area contributed by atoms with E-state index in [2.05, 4.69) is 0 Å². The second-order valence-corrected chi connectivity index (χ2v) is 7.37. The fourth-order valence-corrected chi connectivity index (χ4v) is 3.52. The normalized spacial score (nSPS) is 23.2. The van der Waals surface area contributed by atoms with Gasteiger partial charge in [0.2, 0.25) is 0 Å². The maximum Gasteiger partial charge on any atom is 0.257 e. The van der Waals surface area contributed by atoms with Crippen LogP contribution in [0.5, 0.6) is 0 Å². The minimum atomic E-state index is -1.10. The van der Waals surface area contributed by atoms with Gasteiger partial charge >= 0.3 is 0 Å². The maximum absolute atomic E-state index is 13.5. The van der Waals surface area contributed by atoms with E-state index in [0.717, 1.165) is 36.4 Å². The number of benzene rings is 2. The third-order valence-corrected chi connectivity index (χ3v) is 5.17. The van der Waals surface area contributed by atoms with E-state index in [4.69, 9.17) is 9.47 Å². The highest BCUT2D eigenvalue weighted by Gasteiger charge is 2.38. The van der Waals surface area contributed by atoms with Gasteiger partial charge in [0, 0.05) is 33.8 Å². The van der Waals surface area contributed by atoms with Crippen LogP contribution in [0.15, 0.2) is 61.1 Å². The topological polar surface area (TPSA) is 105 Å². The maximum atomic E-state index is 13.5. The van der Waals surface area contributed by atoms with Gasteiger partial charge in [0.15, 0.2) is 12.2 Å². The molecule has 34 heavy (non-hydrogen) atoms. The van der Waals surface area contributed by atoms with Gasteiger partial charge in [0.1, 0.15) is 23.3 Å². The molecule has 2 aromatic carbocycles. The highest BCUT2D eigenvalue weighted by Crippen LogP contribution is 2.32. The van der Waals surface area contributed by atoms with Gasteiger partial charge in [0.25, 0.3) is 12.1 Å². The average Bonchev–Trinajstić information content (AvgIpc) is 2.82. The molecule has 4 atom stereocenters. The Hall–Kier alpha value is -3.96. The van der Waals surface area contributed by atoms with Crippen LogP contribution in [0.3, 0.4) is 0 Å². The molecule has 4 rings (SSSR count). The lowest BCUT2D eigenvalue weighted by Gasteiger charge is -2.23. The zero-order chi connectivity index (χ0) is 24.8. The zero-order valence-corrected chi connectivity index (χ0v) is 17.4. The van der Waals surface area contributed by atoms with Crippen molar-refractivity contribution in [3.63, 3.8) is 0 Å². The van der Waals surface area contributed by atoms with Crippen molar-refractivity contribution in [1.29, 1.82) is 0 Å². The highest BCUT2D eigenvalue weighted by molar-refractivity contribution is 5.24. The molecule has 2 heterocycles. The standard InChI is InChI=1S/2C11H9F2NO3/c2*12-7-3-4-9(13)8(6-7)11-10(14(15)16)2-1-5-17-11/h2*1,3-6,10-11H,2H2/t10?,11-;10-,11+/m10/s1. The van der Waals surface area contributed by atoms with Gasteiger partial charge in [-0.15, -0.1) is 0 Å². The lowest BCUT2D eigenvalue weighted by Crippen LogP contribution is -2.30. The summed E-state index contributed by atoms with van der Waals surface area (Å²) < 4.78 is 63.1. The van der Waals surface area contributed by atoms with Gasteiger partial charge in [-0.25, -0.2) is 17.6 Å². The van der Waals surface area contributed by atoms with Gasteiger partial charge in [-0.3, -0.25) is 20.2 Å². The summed E-state index contributed by atoms with van der Waals surface area (Å²) in [6.45, 7) is 0. The minimum absolute atomic E-state index is 0.129. The molecule has 0 saturated heterocycles. The van der Waals surface area contributed by atoms with Crippen molar-refractivity contribution in [3.05, 3.63) is 116 Å². The molecule has 180 valence electrons. The van der Waals surface area contributed by atoms with E-state index in [1.807, 2.05) is 0 Å². The molecule has 12 heteroatoms. The lowest BCUT2D eigenvalue weighted by atomic mass is 9.98. The van der Waals surface area contributed by atoms with Crippen LogP contribution in [0, 0.1) is 43.5 Å². The van der Waals surface area contributed by atoms with E-state index < -0.39 is 57.4 Å².